The maximum absolute atomic E-state index is 3.64. The molecule has 1 saturated heterocycles. The molecule has 0 amide bonds. The molecule has 1 aromatic rings. The van der Waals surface area contributed by atoms with Gasteiger partial charge in [-0.2, -0.15) is 0 Å². The highest BCUT2D eigenvalue weighted by Gasteiger charge is 2.34. The number of hydrogen-bond donors (Lipinski definition) is 1. The fourth-order valence-electron chi connectivity index (χ4n) is 3.90. The van der Waals surface area contributed by atoms with E-state index in [2.05, 4.69) is 35.7 Å². The van der Waals surface area contributed by atoms with Gasteiger partial charge in [0.1, 0.15) is 0 Å². The Morgan fingerprint density at radius 2 is 2.06 bits per heavy atom. The lowest BCUT2D eigenvalue weighted by atomic mass is 9.76. The molecule has 2 heterocycles. The van der Waals surface area contributed by atoms with Crippen LogP contribution >= 0.6 is 11.3 Å². The number of aryl methyl sites for hydroxylation is 1. The summed E-state index contributed by atoms with van der Waals surface area (Å²) in [5, 5.41) is 3.64. The molecular weight excluding hydrogens is 238 g/mol. The number of piperidine rings is 1. The first-order valence-corrected chi connectivity index (χ1v) is 8.49. The van der Waals surface area contributed by atoms with E-state index in [1.807, 2.05) is 0 Å². The van der Waals surface area contributed by atoms with Gasteiger partial charge in [0, 0.05) is 9.75 Å². The van der Waals surface area contributed by atoms with E-state index >= 15 is 0 Å². The van der Waals surface area contributed by atoms with Gasteiger partial charge in [0.05, 0.1) is 0 Å². The molecule has 0 bridgehead atoms. The summed E-state index contributed by atoms with van der Waals surface area (Å²) in [6.45, 7) is 4.74. The topological polar surface area (TPSA) is 12.0 Å². The van der Waals surface area contributed by atoms with Crippen molar-refractivity contribution in [2.75, 3.05) is 13.1 Å². The minimum atomic E-state index is 0.847. The molecule has 0 spiro atoms. The van der Waals surface area contributed by atoms with E-state index < -0.39 is 0 Å². The van der Waals surface area contributed by atoms with Gasteiger partial charge in [-0.1, -0.05) is 32.6 Å². The van der Waals surface area contributed by atoms with Gasteiger partial charge in [-0.25, -0.2) is 0 Å². The summed E-state index contributed by atoms with van der Waals surface area (Å²) in [6.07, 6.45) is 8.45. The zero-order valence-corrected chi connectivity index (χ0v) is 12.3. The Hall–Kier alpha value is -0.340. The monoisotopic (exact) mass is 263 g/mol. The Bertz CT molecular complexity index is 378. The van der Waals surface area contributed by atoms with Gasteiger partial charge in [-0.05, 0) is 55.8 Å². The van der Waals surface area contributed by atoms with E-state index in [1.54, 1.807) is 9.75 Å². The van der Waals surface area contributed by atoms with Crippen molar-refractivity contribution < 1.29 is 0 Å². The van der Waals surface area contributed by atoms with Crippen molar-refractivity contribution in [2.45, 2.75) is 51.4 Å². The fraction of sp³-hybridized carbons (Fsp3) is 0.750. The van der Waals surface area contributed by atoms with Crippen molar-refractivity contribution in [3.8, 4) is 0 Å². The summed E-state index contributed by atoms with van der Waals surface area (Å²) >= 11 is 2.07. The average Bonchev–Trinajstić information content (AvgIpc) is 3.10. The lowest BCUT2D eigenvalue weighted by Gasteiger charge is -2.35. The second kappa shape index (κ2) is 5.75. The van der Waals surface area contributed by atoms with Crippen molar-refractivity contribution in [1.29, 1.82) is 0 Å². The lowest BCUT2D eigenvalue weighted by molar-refractivity contribution is 0.233. The van der Waals surface area contributed by atoms with Crippen molar-refractivity contribution >= 4 is 11.3 Å². The molecule has 3 rings (SSSR count). The molecule has 2 atom stereocenters. The number of hydrogen-bond acceptors (Lipinski definition) is 2. The molecular formula is C16H25NS. The smallest absolute Gasteiger partial charge is 0.00829 e. The molecule has 100 valence electrons. The second-order valence-corrected chi connectivity index (χ2v) is 7.17. The van der Waals surface area contributed by atoms with Gasteiger partial charge < -0.3 is 5.32 Å². The van der Waals surface area contributed by atoms with Crippen LogP contribution in [0.2, 0.25) is 0 Å². The fourth-order valence-corrected chi connectivity index (χ4v) is 5.06. The highest BCUT2D eigenvalue weighted by molar-refractivity contribution is 7.12. The van der Waals surface area contributed by atoms with Crippen molar-refractivity contribution in [3.63, 3.8) is 0 Å². The minimum Gasteiger partial charge on any atom is -0.316 e. The van der Waals surface area contributed by atoms with E-state index in [4.69, 9.17) is 0 Å². The van der Waals surface area contributed by atoms with Gasteiger partial charge in [0.15, 0.2) is 0 Å². The summed E-state index contributed by atoms with van der Waals surface area (Å²) in [5.41, 5.74) is 0. The van der Waals surface area contributed by atoms with Crippen LogP contribution in [0.15, 0.2) is 12.1 Å². The molecule has 1 aliphatic heterocycles. The van der Waals surface area contributed by atoms with E-state index in [-0.39, 0.29) is 0 Å². The predicted octanol–water partition coefficient (Wildman–Crippen LogP) is 4.19. The summed E-state index contributed by atoms with van der Waals surface area (Å²) in [7, 11) is 0. The summed E-state index contributed by atoms with van der Waals surface area (Å²) < 4.78 is 0. The van der Waals surface area contributed by atoms with Crippen LogP contribution in [-0.2, 0) is 6.42 Å². The Morgan fingerprint density at radius 1 is 1.22 bits per heavy atom. The first kappa shape index (κ1) is 12.7. The van der Waals surface area contributed by atoms with Gasteiger partial charge in [-0.15, -0.1) is 11.3 Å². The van der Waals surface area contributed by atoms with E-state index in [0.717, 1.165) is 17.8 Å². The first-order valence-electron chi connectivity index (χ1n) is 7.68. The summed E-state index contributed by atoms with van der Waals surface area (Å²) in [5.74, 6) is 2.75. The Kier molecular flexibility index (Phi) is 4.05. The third kappa shape index (κ3) is 2.50. The Labute approximate surface area is 115 Å². The van der Waals surface area contributed by atoms with Crippen LogP contribution in [0.25, 0.3) is 0 Å². The standard InChI is InChI=1S/C16H25NS/c1-2-13-7-8-16(18-13)14-9-10-17-11-15(14)12-5-3-4-6-12/h7-8,12,14-15,17H,2-6,9-11H2,1H3. The van der Waals surface area contributed by atoms with Crippen LogP contribution in [0.1, 0.15) is 54.7 Å². The van der Waals surface area contributed by atoms with Crippen LogP contribution in [0, 0.1) is 11.8 Å². The molecule has 1 N–H and O–H groups in total. The molecule has 1 saturated carbocycles. The quantitative estimate of drug-likeness (QED) is 0.862. The largest absolute Gasteiger partial charge is 0.316 e. The highest BCUT2D eigenvalue weighted by Crippen LogP contribution is 2.43. The van der Waals surface area contributed by atoms with Crippen molar-refractivity contribution in [3.05, 3.63) is 21.9 Å². The minimum absolute atomic E-state index is 0.847. The third-order valence-electron chi connectivity index (χ3n) is 4.93. The number of rotatable bonds is 3. The van der Waals surface area contributed by atoms with Crippen LogP contribution in [0.4, 0.5) is 0 Å². The highest BCUT2D eigenvalue weighted by atomic mass is 32.1. The maximum Gasteiger partial charge on any atom is 0.00829 e. The molecule has 1 aliphatic carbocycles. The van der Waals surface area contributed by atoms with Gasteiger partial charge >= 0.3 is 0 Å². The molecule has 1 aromatic heterocycles. The molecule has 2 unspecified atom stereocenters. The third-order valence-corrected chi connectivity index (χ3v) is 6.29. The van der Waals surface area contributed by atoms with Crippen LogP contribution in [-0.4, -0.2) is 13.1 Å². The van der Waals surface area contributed by atoms with E-state index in [0.29, 0.717) is 0 Å². The molecule has 18 heavy (non-hydrogen) atoms. The van der Waals surface area contributed by atoms with Gasteiger partial charge in [-0.3, -0.25) is 0 Å². The Balaban J connectivity index is 1.78. The number of nitrogens with one attached hydrogen (secondary N) is 1. The van der Waals surface area contributed by atoms with Crippen LogP contribution in [0.5, 0.6) is 0 Å². The van der Waals surface area contributed by atoms with Crippen molar-refractivity contribution in [2.24, 2.45) is 11.8 Å². The zero-order chi connectivity index (χ0) is 12.4. The molecule has 2 aliphatic rings. The lowest BCUT2D eigenvalue weighted by Crippen LogP contribution is -2.38. The molecule has 2 fully saturated rings. The maximum atomic E-state index is 3.64. The first-order chi connectivity index (χ1) is 8.88. The van der Waals surface area contributed by atoms with Crippen molar-refractivity contribution in [1.82, 2.24) is 5.32 Å². The summed E-state index contributed by atoms with van der Waals surface area (Å²) in [4.78, 5) is 3.24. The molecule has 2 heteroatoms. The SMILES string of the molecule is CCc1ccc(C2CCNCC2C2CCCC2)s1. The van der Waals surface area contributed by atoms with E-state index in [1.165, 1.54) is 51.6 Å². The van der Waals surface area contributed by atoms with Gasteiger partial charge in [0.2, 0.25) is 0 Å². The summed E-state index contributed by atoms with van der Waals surface area (Å²) in [6, 6.07) is 4.77. The molecule has 1 nitrogen and oxygen atoms in total. The Morgan fingerprint density at radius 3 is 2.78 bits per heavy atom. The second-order valence-electron chi connectivity index (χ2n) is 5.97. The molecule has 0 aromatic carbocycles. The normalized spacial score (nSPS) is 29.8. The average molecular weight is 263 g/mol. The van der Waals surface area contributed by atoms with Crippen LogP contribution in [0.3, 0.4) is 0 Å². The zero-order valence-electron chi connectivity index (χ0n) is 11.5. The molecule has 0 radical (unpaired) electrons. The van der Waals surface area contributed by atoms with Crippen LogP contribution < -0.4 is 5.32 Å². The number of thiophene rings is 1. The van der Waals surface area contributed by atoms with Gasteiger partial charge in [0.25, 0.3) is 0 Å². The van der Waals surface area contributed by atoms with E-state index in [9.17, 15) is 0 Å². The predicted molar refractivity (Wildman–Crippen MR) is 79.4 cm³/mol.